The average molecular weight is 353 g/mol. The molecule has 1 heterocycles. The second kappa shape index (κ2) is 9.10. The summed E-state index contributed by atoms with van der Waals surface area (Å²) in [7, 11) is 0. The van der Waals surface area contributed by atoms with Gasteiger partial charge in [-0.2, -0.15) is 13.2 Å². The van der Waals surface area contributed by atoms with Gasteiger partial charge in [0.1, 0.15) is 6.61 Å². The van der Waals surface area contributed by atoms with E-state index >= 15 is 0 Å². The predicted molar refractivity (Wildman–Crippen MR) is 82.5 cm³/mol. The van der Waals surface area contributed by atoms with Crippen LogP contribution in [0.15, 0.2) is 30.3 Å². The molecule has 1 aromatic rings. The Morgan fingerprint density at radius 3 is 2.57 bits per heavy atom. The molecule has 1 saturated heterocycles. The van der Waals surface area contributed by atoms with Gasteiger partial charge in [-0.05, 0) is 18.5 Å². The maximum Gasteiger partial charge on any atom is 0.418 e. The van der Waals surface area contributed by atoms with Crippen LogP contribution in [0.2, 0.25) is 0 Å². The first kappa shape index (κ1) is 19.7. The molecule has 8 heteroatoms. The number of nitrogens with one attached hydrogen (secondary N) is 1. The zero-order chi connectivity index (χ0) is 16.0. The van der Waals surface area contributed by atoms with Crippen molar-refractivity contribution in [1.82, 2.24) is 10.2 Å². The van der Waals surface area contributed by atoms with E-state index in [-0.39, 0.29) is 18.0 Å². The van der Waals surface area contributed by atoms with Crippen LogP contribution in [-0.4, -0.2) is 49.8 Å². The normalized spacial score (nSPS) is 17.1. The number of nitrogens with zero attached hydrogens (tertiary/aromatic N) is 1. The number of alkyl halides is 3. The second-order valence-electron chi connectivity index (χ2n) is 5.13. The molecule has 0 spiro atoms. The van der Waals surface area contributed by atoms with E-state index < -0.39 is 24.8 Å². The number of halogens is 4. The Bertz CT molecular complexity index is 477. The molecule has 0 bridgehead atoms. The Morgan fingerprint density at radius 1 is 1.22 bits per heavy atom. The van der Waals surface area contributed by atoms with Crippen LogP contribution in [0.25, 0.3) is 0 Å². The first-order chi connectivity index (χ1) is 10.5. The van der Waals surface area contributed by atoms with E-state index in [1.165, 1.54) is 24.3 Å². The number of carbonyl (C=O) groups is 1. The quantitative estimate of drug-likeness (QED) is 0.905. The van der Waals surface area contributed by atoms with Gasteiger partial charge in [-0.25, -0.2) is 0 Å². The lowest BCUT2D eigenvalue weighted by Gasteiger charge is -2.24. The summed E-state index contributed by atoms with van der Waals surface area (Å²) in [4.78, 5) is 13.6. The number of amides is 1. The fourth-order valence-electron chi connectivity index (χ4n) is 2.35. The molecule has 0 aliphatic carbocycles. The molecule has 23 heavy (non-hydrogen) atoms. The Balaban J connectivity index is 0.00000264. The van der Waals surface area contributed by atoms with Crippen molar-refractivity contribution >= 4 is 18.3 Å². The third-order valence-electron chi connectivity index (χ3n) is 3.47. The zero-order valence-corrected chi connectivity index (χ0v) is 13.3. The molecule has 1 unspecified atom stereocenters. The van der Waals surface area contributed by atoms with Crippen LogP contribution in [0, 0.1) is 0 Å². The van der Waals surface area contributed by atoms with Crippen LogP contribution in [0.4, 0.5) is 13.2 Å². The molecule has 0 radical (unpaired) electrons. The number of hydrogen-bond acceptors (Lipinski definition) is 3. The van der Waals surface area contributed by atoms with Gasteiger partial charge < -0.3 is 15.0 Å². The smallest absolute Gasteiger partial charge is 0.354 e. The predicted octanol–water partition coefficient (Wildman–Crippen LogP) is 2.55. The molecule has 1 fully saturated rings. The summed E-state index contributed by atoms with van der Waals surface area (Å²) in [6, 6.07) is 7.35. The summed E-state index contributed by atoms with van der Waals surface area (Å²) in [5.74, 6) is -0.408. The van der Waals surface area contributed by atoms with Gasteiger partial charge in [0.2, 0.25) is 5.91 Å². The lowest BCUT2D eigenvalue weighted by Crippen LogP contribution is -2.38. The van der Waals surface area contributed by atoms with Crippen LogP contribution in [-0.2, 0) is 9.53 Å². The Hall–Kier alpha value is -1.31. The van der Waals surface area contributed by atoms with Crippen LogP contribution >= 0.6 is 12.4 Å². The lowest BCUT2D eigenvalue weighted by atomic mass is 10.1. The molecular formula is C15H20ClF3N2O2. The molecule has 130 valence electrons. The maximum absolute atomic E-state index is 13.1. The van der Waals surface area contributed by atoms with Crippen molar-refractivity contribution in [2.75, 3.05) is 32.8 Å². The molecule has 1 aromatic carbocycles. The van der Waals surface area contributed by atoms with Gasteiger partial charge in [-0.15, -0.1) is 12.4 Å². The van der Waals surface area contributed by atoms with E-state index in [1.807, 2.05) is 0 Å². The first-order valence-electron chi connectivity index (χ1n) is 7.20. The van der Waals surface area contributed by atoms with E-state index in [9.17, 15) is 18.0 Å². The second-order valence-corrected chi connectivity index (χ2v) is 5.13. The monoisotopic (exact) mass is 352 g/mol. The van der Waals surface area contributed by atoms with E-state index in [2.05, 4.69) is 5.32 Å². The van der Waals surface area contributed by atoms with Crippen molar-refractivity contribution in [3.8, 4) is 0 Å². The molecule has 4 nitrogen and oxygen atoms in total. The molecular weight excluding hydrogens is 333 g/mol. The minimum atomic E-state index is -4.55. The van der Waals surface area contributed by atoms with Gasteiger partial charge in [0.05, 0.1) is 0 Å². The Labute approximate surface area is 139 Å². The third-order valence-corrected chi connectivity index (χ3v) is 3.47. The zero-order valence-electron chi connectivity index (χ0n) is 12.5. The SMILES string of the molecule is Cl.O=C(COC(c1ccccc1)C(F)(F)F)N1CCCNCC1. The highest BCUT2D eigenvalue weighted by Crippen LogP contribution is 2.35. The summed E-state index contributed by atoms with van der Waals surface area (Å²) < 4.78 is 44.2. The van der Waals surface area contributed by atoms with Gasteiger partial charge >= 0.3 is 6.18 Å². The largest absolute Gasteiger partial charge is 0.418 e. The van der Waals surface area contributed by atoms with Crippen molar-refractivity contribution in [1.29, 1.82) is 0 Å². The van der Waals surface area contributed by atoms with E-state index in [0.29, 0.717) is 19.6 Å². The van der Waals surface area contributed by atoms with Gasteiger partial charge in [-0.3, -0.25) is 4.79 Å². The van der Waals surface area contributed by atoms with Crippen LogP contribution in [0.3, 0.4) is 0 Å². The Kier molecular flexibility index (Phi) is 7.81. The molecule has 1 aliphatic heterocycles. The fourth-order valence-corrected chi connectivity index (χ4v) is 2.35. The summed E-state index contributed by atoms with van der Waals surface area (Å²) in [6.45, 7) is 1.91. The number of rotatable bonds is 4. The third kappa shape index (κ3) is 6.01. The van der Waals surface area contributed by atoms with Gasteiger partial charge in [0, 0.05) is 19.6 Å². The maximum atomic E-state index is 13.1. The lowest BCUT2D eigenvalue weighted by molar-refractivity contribution is -0.224. The van der Waals surface area contributed by atoms with Crippen LogP contribution in [0.1, 0.15) is 18.1 Å². The standard InChI is InChI=1S/C15H19F3N2O2.ClH/c16-15(17,18)14(12-5-2-1-3-6-12)22-11-13(21)20-9-4-7-19-8-10-20;/h1-3,5-6,14,19H,4,7-11H2;1H. The van der Waals surface area contributed by atoms with E-state index in [1.54, 1.807) is 11.0 Å². The van der Waals surface area contributed by atoms with Gasteiger partial charge in [-0.1, -0.05) is 30.3 Å². The molecule has 2 rings (SSSR count). The number of hydrogen-bond donors (Lipinski definition) is 1. The molecule has 1 atom stereocenters. The van der Waals surface area contributed by atoms with Gasteiger partial charge in [0.15, 0.2) is 6.10 Å². The van der Waals surface area contributed by atoms with Crippen LogP contribution in [0.5, 0.6) is 0 Å². The highest BCUT2D eigenvalue weighted by Gasteiger charge is 2.42. The Morgan fingerprint density at radius 2 is 1.91 bits per heavy atom. The molecule has 1 N–H and O–H groups in total. The van der Waals surface area contributed by atoms with E-state index in [4.69, 9.17) is 4.74 Å². The fraction of sp³-hybridized carbons (Fsp3) is 0.533. The van der Waals surface area contributed by atoms with Crippen molar-refractivity contribution < 1.29 is 22.7 Å². The highest BCUT2D eigenvalue weighted by molar-refractivity contribution is 5.85. The van der Waals surface area contributed by atoms with Crippen LogP contribution < -0.4 is 5.32 Å². The van der Waals surface area contributed by atoms with Crippen molar-refractivity contribution in [3.63, 3.8) is 0 Å². The van der Waals surface area contributed by atoms with Crippen molar-refractivity contribution in [2.45, 2.75) is 18.7 Å². The minimum Gasteiger partial charge on any atom is -0.354 e. The summed E-state index contributed by atoms with van der Waals surface area (Å²) in [6.07, 6.45) is -5.85. The van der Waals surface area contributed by atoms with Crippen molar-refractivity contribution in [3.05, 3.63) is 35.9 Å². The number of carbonyl (C=O) groups excluding carboxylic acids is 1. The average Bonchev–Trinajstić information content (AvgIpc) is 2.76. The molecule has 1 aliphatic rings. The number of ether oxygens (including phenoxy) is 1. The van der Waals surface area contributed by atoms with Crippen molar-refractivity contribution in [2.24, 2.45) is 0 Å². The first-order valence-corrected chi connectivity index (χ1v) is 7.20. The summed E-state index contributed by atoms with van der Waals surface area (Å²) >= 11 is 0. The topological polar surface area (TPSA) is 41.6 Å². The summed E-state index contributed by atoms with van der Waals surface area (Å²) in [5, 5.41) is 3.13. The van der Waals surface area contributed by atoms with Gasteiger partial charge in [0.25, 0.3) is 0 Å². The van der Waals surface area contributed by atoms with E-state index in [0.717, 1.165) is 13.0 Å². The highest BCUT2D eigenvalue weighted by atomic mass is 35.5. The minimum absolute atomic E-state index is 0. The molecule has 0 aromatic heterocycles. The number of benzene rings is 1. The molecule has 0 saturated carbocycles. The molecule has 1 amide bonds. The summed E-state index contributed by atoms with van der Waals surface area (Å²) in [5.41, 5.74) is 0.000308.